The molecule has 0 radical (unpaired) electrons. The lowest BCUT2D eigenvalue weighted by atomic mass is 10.0. The molecule has 0 heterocycles. The molecular formula is C24H27FIN3O6. The fraction of sp³-hybridized carbons (Fsp3) is 0.333. The second-order valence-electron chi connectivity index (χ2n) is 7.54. The first-order chi connectivity index (χ1) is 16.7. The van der Waals surface area contributed by atoms with Crippen LogP contribution in [0.4, 0.5) is 4.39 Å². The Morgan fingerprint density at radius 1 is 1.20 bits per heavy atom. The van der Waals surface area contributed by atoms with Crippen LogP contribution in [-0.2, 0) is 14.3 Å². The van der Waals surface area contributed by atoms with Crippen molar-refractivity contribution in [1.82, 2.24) is 10.7 Å². The van der Waals surface area contributed by atoms with Crippen LogP contribution >= 0.6 is 22.6 Å². The maximum Gasteiger partial charge on any atom is 0.344 e. The highest BCUT2D eigenvalue weighted by Gasteiger charge is 2.25. The second-order valence-corrected chi connectivity index (χ2v) is 8.70. The number of benzene rings is 2. The van der Waals surface area contributed by atoms with E-state index in [1.54, 1.807) is 32.9 Å². The first-order valence-electron chi connectivity index (χ1n) is 10.7. The van der Waals surface area contributed by atoms with E-state index in [-0.39, 0.29) is 24.7 Å². The number of esters is 1. The number of carbonyl (C=O) groups excluding carboxylic acids is 3. The molecule has 0 saturated heterocycles. The third-order valence-electron chi connectivity index (χ3n) is 4.63. The van der Waals surface area contributed by atoms with Crippen molar-refractivity contribution in [3.05, 3.63) is 56.9 Å². The summed E-state index contributed by atoms with van der Waals surface area (Å²) in [5.41, 5.74) is 2.83. The van der Waals surface area contributed by atoms with Gasteiger partial charge in [-0.25, -0.2) is 14.6 Å². The molecule has 1 atom stereocenters. The van der Waals surface area contributed by atoms with E-state index in [1.807, 2.05) is 22.6 Å². The van der Waals surface area contributed by atoms with E-state index in [2.05, 4.69) is 15.8 Å². The molecular weight excluding hydrogens is 572 g/mol. The molecule has 35 heavy (non-hydrogen) atoms. The quantitative estimate of drug-likeness (QED) is 0.177. The molecule has 2 rings (SSSR count). The third-order valence-corrected chi connectivity index (χ3v) is 5.44. The Kier molecular flexibility index (Phi) is 10.9. The van der Waals surface area contributed by atoms with Crippen LogP contribution in [0.25, 0.3) is 0 Å². The lowest BCUT2D eigenvalue weighted by Crippen LogP contribution is -2.48. The van der Waals surface area contributed by atoms with Gasteiger partial charge < -0.3 is 19.5 Å². The van der Waals surface area contributed by atoms with Gasteiger partial charge in [-0.05, 0) is 65.3 Å². The van der Waals surface area contributed by atoms with Crippen LogP contribution in [0.1, 0.15) is 36.7 Å². The Morgan fingerprint density at radius 3 is 2.54 bits per heavy atom. The predicted molar refractivity (Wildman–Crippen MR) is 136 cm³/mol. The molecule has 0 spiro atoms. The van der Waals surface area contributed by atoms with Crippen LogP contribution in [0.5, 0.6) is 11.5 Å². The smallest absolute Gasteiger partial charge is 0.344 e. The number of halogens is 2. The Labute approximate surface area is 216 Å². The number of methoxy groups -OCH3 is 1. The number of nitrogens with one attached hydrogen (secondary N) is 2. The van der Waals surface area contributed by atoms with Gasteiger partial charge >= 0.3 is 5.97 Å². The van der Waals surface area contributed by atoms with Crippen molar-refractivity contribution >= 4 is 46.6 Å². The molecule has 0 saturated carbocycles. The van der Waals surface area contributed by atoms with Crippen molar-refractivity contribution in [2.45, 2.75) is 26.8 Å². The van der Waals surface area contributed by atoms with Crippen LogP contribution in [-0.4, -0.2) is 50.4 Å². The average molecular weight is 599 g/mol. The molecule has 188 valence electrons. The van der Waals surface area contributed by atoms with Gasteiger partial charge in [-0.1, -0.05) is 26.0 Å². The fourth-order valence-corrected chi connectivity index (χ4v) is 3.71. The normalized spacial score (nSPS) is 11.7. The molecule has 2 N–H and O–H groups in total. The van der Waals surface area contributed by atoms with Gasteiger partial charge in [0.25, 0.3) is 11.8 Å². The van der Waals surface area contributed by atoms with Gasteiger partial charge in [0.05, 0.1) is 29.1 Å². The maximum atomic E-state index is 13.9. The molecule has 2 amide bonds. The van der Waals surface area contributed by atoms with Crippen LogP contribution in [0.2, 0.25) is 0 Å². The molecule has 0 aromatic heterocycles. The molecule has 1 unspecified atom stereocenters. The van der Waals surface area contributed by atoms with E-state index < -0.39 is 29.6 Å². The van der Waals surface area contributed by atoms with Crippen molar-refractivity contribution in [3.8, 4) is 11.5 Å². The number of hydrazone groups is 1. The zero-order chi connectivity index (χ0) is 26.0. The molecule has 11 heteroatoms. The van der Waals surface area contributed by atoms with Gasteiger partial charge in [0.1, 0.15) is 11.9 Å². The standard InChI is InChI=1S/C24H27FIN3O6/c1-5-34-20(30)13-35-22-18(26)10-15(11-19(22)33-4)12-27-29-24(32)21(14(2)3)28-23(31)16-8-6-7-9-17(16)25/h6-12,14,21H,5,13H2,1-4H3,(H,28,31)(H,29,32). The van der Waals surface area contributed by atoms with E-state index in [0.717, 1.165) is 0 Å². The minimum atomic E-state index is -0.937. The van der Waals surface area contributed by atoms with Crippen molar-refractivity contribution in [2.24, 2.45) is 11.0 Å². The molecule has 0 bridgehead atoms. The topological polar surface area (TPSA) is 115 Å². The van der Waals surface area contributed by atoms with Crippen molar-refractivity contribution in [3.63, 3.8) is 0 Å². The Hall–Kier alpha value is -3.22. The fourth-order valence-electron chi connectivity index (χ4n) is 2.93. The predicted octanol–water partition coefficient (Wildman–Crippen LogP) is 3.29. The van der Waals surface area contributed by atoms with E-state index in [9.17, 15) is 18.8 Å². The number of rotatable bonds is 11. The summed E-state index contributed by atoms with van der Waals surface area (Å²) in [4.78, 5) is 36.6. The van der Waals surface area contributed by atoms with Crippen molar-refractivity contribution < 1.29 is 33.0 Å². The van der Waals surface area contributed by atoms with Gasteiger partial charge in [0.15, 0.2) is 18.1 Å². The number of nitrogens with zero attached hydrogens (tertiary/aromatic N) is 1. The number of carbonyl (C=O) groups is 3. The number of amides is 2. The van der Waals surface area contributed by atoms with Gasteiger partial charge in [0.2, 0.25) is 0 Å². The zero-order valence-electron chi connectivity index (χ0n) is 19.8. The summed E-state index contributed by atoms with van der Waals surface area (Å²) in [6, 6.07) is 7.93. The van der Waals surface area contributed by atoms with Gasteiger partial charge in [-0.15, -0.1) is 0 Å². The molecule has 0 aliphatic carbocycles. The molecule has 9 nitrogen and oxygen atoms in total. The summed E-state index contributed by atoms with van der Waals surface area (Å²) in [7, 11) is 1.46. The summed E-state index contributed by atoms with van der Waals surface area (Å²) >= 11 is 2.02. The summed E-state index contributed by atoms with van der Waals surface area (Å²) in [5.74, 6) is -1.97. The summed E-state index contributed by atoms with van der Waals surface area (Å²) in [5, 5.41) is 6.51. The first-order valence-corrected chi connectivity index (χ1v) is 11.8. The van der Waals surface area contributed by atoms with Crippen molar-refractivity contribution in [1.29, 1.82) is 0 Å². The minimum absolute atomic E-state index is 0.151. The molecule has 0 aliphatic rings. The highest BCUT2D eigenvalue weighted by atomic mass is 127. The lowest BCUT2D eigenvalue weighted by Gasteiger charge is -2.20. The van der Waals surface area contributed by atoms with Gasteiger partial charge in [-0.3, -0.25) is 9.59 Å². The SMILES string of the molecule is CCOC(=O)COc1c(I)cc(C=NNC(=O)C(NC(=O)c2ccccc2F)C(C)C)cc1OC. The Morgan fingerprint density at radius 2 is 1.91 bits per heavy atom. The number of ether oxygens (including phenoxy) is 3. The van der Waals surface area contributed by atoms with E-state index in [4.69, 9.17) is 14.2 Å². The van der Waals surface area contributed by atoms with Crippen LogP contribution in [0.15, 0.2) is 41.5 Å². The third kappa shape index (κ3) is 8.19. The largest absolute Gasteiger partial charge is 0.493 e. The molecule has 0 aliphatic heterocycles. The monoisotopic (exact) mass is 599 g/mol. The highest BCUT2D eigenvalue weighted by molar-refractivity contribution is 14.1. The van der Waals surface area contributed by atoms with E-state index >= 15 is 0 Å². The summed E-state index contributed by atoms with van der Waals surface area (Å²) in [6.07, 6.45) is 1.40. The average Bonchev–Trinajstić information content (AvgIpc) is 2.81. The van der Waals surface area contributed by atoms with Crippen LogP contribution in [0, 0.1) is 15.3 Å². The summed E-state index contributed by atoms with van der Waals surface area (Å²) in [6.45, 7) is 5.19. The summed E-state index contributed by atoms with van der Waals surface area (Å²) < 4.78 is 30.3. The van der Waals surface area contributed by atoms with Gasteiger partial charge in [0, 0.05) is 0 Å². The molecule has 0 fully saturated rings. The Balaban J connectivity index is 2.08. The van der Waals surface area contributed by atoms with E-state index in [1.165, 1.54) is 37.6 Å². The van der Waals surface area contributed by atoms with Crippen LogP contribution < -0.4 is 20.2 Å². The molecule has 2 aromatic carbocycles. The minimum Gasteiger partial charge on any atom is -0.493 e. The van der Waals surface area contributed by atoms with Crippen LogP contribution in [0.3, 0.4) is 0 Å². The zero-order valence-corrected chi connectivity index (χ0v) is 21.9. The molecule has 2 aromatic rings. The highest BCUT2D eigenvalue weighted by Crippen LogP contribution is 2.33. The maximum absolute atomic E-state index is 13.9. The first kappa shape index (κ1) is 28.0. The second kappa shape index (κ2) is 13.6. The number of hydrogen-bond acceptors (Lipinski definition) is 7. The van der Waals surface area contributed by atoms with Gasteiger partial charge in [-0.2, -0.15) is 5.10 Å². The number of hydrogen-bond donors (Lipinski definition) is 2. The Bertz CT molecular complexity index is 1090. The van der Waals surface area contributed by atoms with E-state index in [0.29, 0.717) is 20.6 Å². The van der Waals surface area contributed by atoms with Crippen molar-refractivity contribution in [2.75, 3.05) is 20.3 Å². The lowest BCUT2D eigenvalue weighted by molar-refractivity contribution is -0.145.